The molecule has 0 aliphatic heterocycles. The highest BCUT2D eigenvalue weighted by Gasteiger charge is 2.32. The Kier molecular flexibility index (Phi) is 4.86. The van der Waals surface area contributed by atoms with Gasteiger partial charge in [0.25, 0.3) is 10.2 Å². The van der Waals surface area contributed by atoms with Crippen LogP contribution in [0.25, 0.3) is 0 Å². The molecule has 0 amide bonds. The smallest absolute Gasteiger partial charge is 0.198 e. The minimum atomic E-state index is -3.35. The van der Waals surface area contributed by atoms with Crippen LogP contribution in [-0.4, -0.2) is 32.9 Å². The van der Waals surface area contributed by atoms with Gasteiger partial charge in [0.2, 0.25) is 0 Å². The first-order chi connectivity index (χ1) is 8.90. The maximum absolute atomic E-state index is 11.9. The normalized spacial score (nSPS) is 24.0. The lowest BCUT2D eigenvalue weighted by Gasteiger charge is -2.23. The fraction of sp³-hybridized carbons (Fsp3) is 0.538. The van der Waals surface area contributed by atoms with Crippen molar-refractivity contribution in [3.05, 3.63) is 33.4 Å². The Labute approximate surface area is 128 Å². The summed E-state index contributed by atoms with van der Waals surface area (Å²) >= 11 is 2.28. The zero-order valence-corrected chi connectivity index (χ0v) is 14.1. The van der Waals surface area contributed by atoms with Crippen LogP contribution in [-0.2, 0) is 10.2 Å². The van der Waals surface area contributed by atoms with Crippen LogP contribution >= 0.6 is 22.6 Å². The molecule has 0 saturated heterocycles. The van der Waals surface area contributed by atoms with Crippen LogP contribution in [0.15, 0.2) is 24.3 Å². The molecular formula is C13H19IN2O2S. The van der Waals surface area contributed by atoms with Crippen molar-refractivity contribution in [3.63, 3.8) is 0 Å². The first-order valence-corrected chi connectivity index (χ1v) is 8.87. The lowest BCUT2D eigenvalue weighted by atomic mass is 9.95. The van der Waals surface area contributed by atoms with Crippen LogP contribution in [0.2, 0.25) is 0 Å². The van der Waals surface area contributed by atoms with Gasteiger partial charge in [-0.15, -0.1) is 0 Å². The van der Waals surface area contributed by atoms with E-state index in [0.717, 1.165) is 19.3 Å². The van der Waals surface area contributed by atoms with Crippen molar-refractivity contribution in [1.29, 1.82) is 0 Å². The summed E-state index contributed by atoms with van der Waals surface area (Å²) in [7, 11) is -0.243. The molecule has 2 atom stereocenters. The van der Waals surface area contributed by atoms with Gasteiger partial charge in [-0.1, -0.05) is 18.6 Å². The maximum Gasteiger partial charge on any atom is 0.279 e. The Morgan fingerprint density at radius 2 is 1.84 bits per heavy atom. The molecule has 0 spiro atoms. The first kappa shape index (κ1) is 15.2. The molecule has 6 heteroatoms. The van der Waals surface area contributed by atoms with E-state index in [-0.39, 0.29) is 12.0 Å². The van der Waals surface area contributed by atoms with Gasteiger partial charge in [-0.25, -0.2) is 0 Å². The van der Waals surface area contributed by atoms with E-state index < -0.39 is 10.2 Å². The largest absolute Gasteiger partial charge is 0.279 e. The topological polar surface area (TPSA) is 49.4 Å². The molecule has 0 radical (unpaired) electrons. The predicted octanol–water partition coefficient (Wildman–Crippen LogP) is 2.32. The average molecular weight is 394 g/mol. The first-order valence-electron chi connectivity index (χ1n) is 6.35. The van der Waals surface area contributed by atoms with Gasteiger partial charge >= 0.3 is 0 Å². The molecule has 19 heavy (non-hydrogen) atoms. The van der Waals surface area contributed by atoms with Crippen molar-refractivity contribution in [2.24, 2.45) is 0 Å². The molecule has 1 aliphatic rings. The van der Waals surface area contributed by atoms with Crippen molar-refractivity contribution < 1.29 is 8.42 Å². The van der Waals surface area contributed by atoms with E-state index >= 15 is 0 Å². The molecule has 1 N–H and O–H groups in total. The Hall–Kier alpha value is -0.180. The zero-order valence-electron chi connectivity index (χ0n) is 11.1. The Bertz CT molecular complexity index is 528. The molecule has 1 saturated carbocycles. The summed E-state index contributed by atoms with van der Waals surface area (Å²) in [4.78, 5) is 0. The lowest BCUT2D eigenvalue weighted by molar-refractivity contribution is 0.474. The zero-order chi connectivity index (χ0) is 14.0. The fourth-order valence-electron chi connectivity index (χ4n) is 2.51. The second kappa shape index (κ2) is 6.07. The number of nitrogens with one attached hydrogen (secondary N) is 1. The summed E-state index contributed by atoms with van der Waals surface area (Å²) in [6.45, 7) is 0. The van der Waals surface area contributed by atoms with Crippen molar-refractivity contribution >= 4 is 32.8 Å². The standard InChI is InChI=1S/C13H19IN2O2S/c1-16(2)19(17,18)15-13-5-3-4-12(13)10-6-8-11(14)9-7-10/h6-9,12-13,15H,3-5H2,1-2H3/t12-,13-/m1/s1. The number of rotatable bonds is 4. The van der Waals surface area contributed by atoms with E-state index in [0.29, 0.717) is 0 Å². The van der Waals surface area contributed by atoms with Gasteiger partial charge < -0.3 is 0 Å². The van der Waals surface area contributed by atoms with Crippen LogP contribution in [0.3, 0.4) is 0 Å². The summed E-state index contributed by atoms with van der Waals surface area (Å²) in [6, 6.07) is 8.37. The third-order valence-corrected chi connectivity index (χ3v) is 5.88. The van der Waals surface area contributed by atoms with E-state index in [1.54, 1.807) is 14.1 Å². The minimum Gasteiger partial charge on any atom is -0.198 e. The van der Waals surface area contributed by atoms with Gasteiger partial charge in [0.15, 0.2) is 0 Å². The Morgan fingerprint density at radius 3 is 2.42 bits per heavy atom. The van der Waals surface area contributed by atoms with Gasteiger partial charge in [0.05, 0.1) is 0 Å². The predicted molar refractivity (Wildman–Crippen MR) is 85.3 cm³/mol. The highest BCUT2D eigenvalue weighted by atomic mass is 127. The van der Waals surface area contributed by atoms with Crippen LogP contribution in [0.1, 0.15) is 30.7 Å². The van der Waals surface area contributed by atoms with E-state index in [1.807, 2.05) is 0 Å². The third-order valence-electron chi connectivity index (χ3n) is 3.60. The summed E-state index contributed by atoms with van der Waals surface area (Å²) in [5.41, 5.74) is 1.23. The minimum absolute atomic E-state index is 0.00691. The van der Waals surface area contributed by atoms with Crippen molar-refractivity contribution in [2.45, 2.75) is 31.2 Å². The molecule has 2 rings (SSSR count). The molecule has 1 aliphatic carbocycles. The Balaban J connectivity index is 2.15. The monoisotopic (exact) mass is 394 g/mol. The second-order valence-electron chi connectivity index (χ2n) is 5.10. The summed E-state index contributed by atoms with van der Waals surface area (Å²) < 4.78 is 29.1. The van der Waals surface area contributed by atoms with Crippen molar-refractivity contribution in [2.75, 3.05) is 14.1 Å². The van der Waals surface area contributed by atoms with E-state index in [4.69, 9.17) is 0 Å². The van der Waals surface area contributed by atoms with Crippen LogP contribution in [0.5, 0.6) is 0 Å². The van der Waals surface area contributed by atoms with Gasteiger partial charge in [0, 0.05) is 29.6 Å². The molecule has 0 heterocycles. The summed E-state index contributed by atoms with van der Waals surface area (Å²) in [5.74, 6) is 0.284. The number of hydrogen-bond acceptors (Lipinski definition) is 2. The van der Waals surface area contributed by atoms with Crippen molar-refractivity contribution in [1.82, 2.24) is 9.03 Å². The van der Waals surface area contributed by atoms with E-state index in [9.17, 15) is 8.42 Å². The second-order valence-corrected chi connectivity index (χ2v) is 8.26. The van der Waals surface area contributed by atoms with E-state index in [1.165, 1.54) is 13.4 Å². The average Bonchev–Trinajstić information content (AvgIpc) is 2.77. The SMILES string of the molecule is CN(C)S(=O)(=O)N[C@@H]1CCC[C@@H]1c1ccc(I)cc1. The number of hydrogen-bond donors (Lipinski definition) is 1. The molecule has 0 bridgehead atoms. The molecule has 0 unspecified atom stereocenters. The lowest BCUT2D eigenvalue weighted by Crippen LogP contribution is -2.43. The molecular weight excluding hydrogens is 375 g/mol. The number of nitrogens with zero attached hydrogens (tertiary/aromatic N) is 1. The Morgan fingerprint density at radius 1 is 1.21 bits per heavy atom. The van der Waals surface area contributed by atoms with Gasteiger partial charge in [-0.2, -0.15) is 17.4 Å². The van der Waals surface area contributed by atoms with Gasteiger partial charge in [-0.3, -0.25) is 0 Å². The molecule has 1 aromatic rings. The highest BCUT2D eigenvalue weighted by molar-refractivity contribution is 14.1. The summed E-state index contributed by atoms with van der Waals surface area (Å²) in [6.07, 6.45) is 3.02. The third kappa shape index (κ3) is 3.68. The molecule has 106 valence electrons. The molecule has 4 nitrogen and oxygen atoms in total. The maximum atomic E-state index is 11.9. The molecule has 1 aromatic carbocycles. The van der Waals surface area contributed by atoms with Gasteiger partial charge in [-0.05, 0) is 53.1 Å². The molecule has 1 fully saturated rings. The van der Waals surface area contributed by atoms with Gasteiger partial charge in [0.1, 0.15) is 0 Å². The van der Waals surface area contributed by atoms with Crippen molar-refractivity contribution in [3.8, 4) is 0 Å². The number of benzene rings is 1. The highest BCUT2D eigenvalue weighted by Crippen LogP contribution is 2.35. The molecule has 0 aromatic heterocycles. The van der Waals surface area contributed by atoms with Crippen LogP contribution < -0.4 is 4.72 Å². The van der Waals surface area contributed by atoms with Crippen LogP contribution in [0.4, 0.5) is 0 Å². The number of halogens is 1. The van der Waals surface area contributed by atoms with E-state index in [2.05, 4.69) is 51.6 Å². The quantitative estimate of drug-likeness (QED) is 0.797. The summed E-state index contributed by atoms with van der Waals surface area (Å²) in [5, 5.41) is 0. The fourth-order valence-corrected chi connectivity index (χ4v) is 3.74. The van der Waals surface area contributed by atoms with Crippen LogP contribution in [0, 0.1) is 3.57 Å².